The zero-order valence-electron chi connectivity index (χ0n) is 14.8. The van der Waals surface area contributed by atoms with Crippen LogP contribution in [0.4, 0.5) is 0 Å². The molecular formula is C18H21N5O3. The van der Waals surface area contributed by atoms with Crippen LogP contribution in [0, 0.1) is 6.92 Å². The number of hydrogen-bond donors (Lipinski definition) is 0. The van der Waals surface area contributed by atoms with Gasteiger partial charge in [-0.3, -0.25) is 4.90 Å². The molecule has 26 heavy (non-hydrogen) atoms. The van der Waals surface area contributed by atoms with Gasteiger partial charge in [-0.15, -0.1) is 10.2 Å². The Labute approximate surface area is 151 Å². The number of aromatic nitrogens is 4. The Morgan fingerprint density at radius 3 is 2.77 bits per heavy atom. The number of ether oxygens (including phenoxy) is 1. The lowest BCUT2D eigenvalue weighted by molar-refractivity contribution is -0.0935. The Balaban J connectivity index is 1.40. The van der Waals surface area contributed by atoms with Gasteiger partial charge in [0, 0.05) is 26.4 Å². The van der Waals surface area contributed by atoms with Crippen molar-refractivity contribution in [3.8, 4) is 0 Å². The third-order valence-corrected chi connectivity index (χ3v) is 4.23. The zero-order valence-corrected chi connectivity index (χ0v) is 14.8. The Bertz CT molecular complexity index is 847. The lowest BCUT2D eigenvalue weighted by atomic mass is 10.1. The van der Waals surface area contributed by atoms with Crippen LogP contribution >= 0.6 is 0 Å². The quantitative estimate of drug-likeness (QED) is 0.689. The van der Waals surface area contributed by atoms with Crippen LogP contribution in [-0.4, -0.2) is 44.4 Å². The van der Waals surface area contributed by atoms with Crippen LogP contribution in [0.5, 0.6) is 0 Å². The molecule has 4 rings (SSSR count). The van der Waals surface area contributed by atoms with Crippen molar-refractivity contribution in [1.82, 2.24) is 25.2 Å². The topological polar surface area (TPSA) is 90.3 Å². The molecule has 0 spiro atoms. The maximum Gasteiger partial charge on any atom is 0.246 e. The van der Waals surface area contributed by atoms with Crippen LogP contribution in [0.3, 0.4) is 0 Å². The minimum absolute atomic E-state index is 0.0488. The summed E-state index contributed by atoms with van der Waals surface area (Å²) in [6, 6.07) is 10.1. The highest BCUT2D eigenvalue weighted by Crippen LogP contribution is 2.25. The van der Waals surface area contributed by atoms with Gasteiger partial charge in [-0.2, -0.15) is 4.98 Å². The fourth-order valence-electron chi connectivity index (χ4n) is 3.14. The second-order valence-electron chi connectivity index (χ2n) is 6.56. The third kappa shape index (κ3) is 3.97. The summed E-state index contributed by atoms with van der Waals surface area (Å²) in [6.45, 7) is 5.78. The fraction of sp³-hybridized carbons (Fsp3) is 0.444. The molecule has 1 saturated heterocycles. The van der Waals surface area contributed by atoms with Gasteiger partial charge in [-0.1, -0.05) is 35.5 Å². The summed E-state index contributed by atoms with van der Waals surface area (Å²) >= 11 is 0. The van der Waals surface area contributed by atoms with Crippen LogP contribution in [0.25, 0.3) is 0 Å². The van der Waals surface area contributed by atoms with Crippen LogP contribution in [0.2, 0.25) is 0 Å². The zero-order chi connectivity index (χ0) is 17.9. The van der Waals surface area contributed by atoms with Gasteiger partial charge < -0.3 is 13.7 Å². The predicted octanol–water partition coefficient (Wildman–Crippen LogP) is 2.31. The summed E-state index contributed by atoms with van der Waals surface area (Å²) in [5.41, 5.74) is 1.16. The molecule has 0 amide bonds. The Kier molecular flexibility index (Phi) is 4.77. The van der Waals surface area contributed by atoms with E-state index in [1.54, 1.807) is 6.92 Å². The molecule has 0 bridgehead atoms. The van der Waals surface area contributed by atoms with E-state index in [9.17, 15) is 0 Å². The molecule has 1 fully saturated rings. The molecule has 0 N–H and O–H groups in total. The van der Waals surface area contributed by atoms with E-state index in [1.807, 2.05) is 25.1 Å². The molecule has 3 heterocycles. The molecule has 1 aliphatic heterocycles. The summed E-state index contributed by atoms with van der Waals surface area (Å²) in [6.07, 6.45) is 0.465. The molecule has 1 aliphatic rings. The molecule has 0 aliphatic carbocycles. The molecular weight excluding hydrogens is 334 g/mol. The molecule has 3 aromatic rings. The predicted molar refractivity (Wildman–Crippen MR) is 91.1 cm³/mol. The van der Waals surface area contributed by atoms with E-state index in [2.05, 4.69) is 37.4 Å². The van der Waals surface area contributed by atoms with Gasteiger partial charge in [0.2, 0.25) is 17.7 Å². The summed E-state index contributed by atoms with van der Waals surface area (Å²) in [5, 5.41) is 12.1. The third-order valence-electron chi connectivity index (χ3n) is 4.23. The number of morpholine rings is 1. The van der Waals surface area contributed by atoms with E-state index >= 15 is 0 Å². The van der Waals surface area contributed by atoms with Crippen molar-refractivity contribution in [3.05, 3.63) is 59.4 Å². The summed E-state index contributed by atoms with van der Waals surface area (Å²) in [4.78, 5) is 6.72. The average molecular weight is 355 g/mol. The van der Waals surface area contributed by atoms with Gasteiger partial charge in [0.05, 0.1) is 12.6 Å². The first-order valence-corrected chi connectivity index (χ1v) is 8.69. The largest absolute Gasteiger partial charge is 0.423 e. The minimum atomic E-state index is -0.244. The van der Waals surface area contributed by atoms with Gasteiger partial charge >= 0.3 is 0 Å². The first-order valence-electron chi connectivity index (χ1n) is 8.69. The summed E-state index contributed by atoms with van der Waals surface area (Å²) < 4.78 is 16.9. The van der Waals surface area contributed by atoms with Crippen molar-refractivity contribution in [3.63, 3.8) is 0 Å². The maximum atomic E-state index is 5.93. The molecule has 8 heteroatoms. The molecule has 0 unspecified atom stereocenters. The lowest BCUT2D eigenvalue weighted by Gasteiger charge is -2.34. The van der Waals surface area contributed by atoms with E-state index in [4.69, 9.17) is 13.7 Å². The van der Waals surface area contributed by atoms with Crippen molar-refractivity contribution in [2.45, 2.75) is 39.0 Å². The summed E-state index contributed by atoms with van der Waals surface area (Å²) in [7, 11) is 0. The smallest absolute Gasteiger partial charge is 0.246 e. The van der Waals surface area contributed by atoms with E-state index in [0.717, 1.165) is 12.1 Å². The summed E-state index contributed by atoms with van der Waals surface area (Å²) in [5.74, 6) is 2.34. The minimum Gasteiger partial charge on any atom is -0.423 e. The Hall–Kier alpha value is -2.58. The van der Waals surface area contributed by atoms with Crippen molar-refractivity contribution in [2.75, 3.05) is 13.1 Å². The average Bonchev–Trinajstić information content (AvgIpc) is 3.24. The van der Waals surface area contributed by atoms with Crippen molar-refractivity contribution >= 4 is 0 Å². The van der Waals surface area contributed by atoms with Gasteiger partial charge in [0.25, 0.3) is 0 Å². The number of aryl methyl sites for hydroxylation is 1. The number of benzene rings is 1. The Morgan fingerprint density at radius 1 is 1.15 bits per heavy atom. The normalized spacial score (nSPS) is 21.2. The molecule has 2 atom stereocenters. The second kappa shape index (κ2) is 7.35. The first-order chi connectivity index (χ1) is 12.7. The SMILES string of the molecule is Cc1nnc([C@H]2CN(Cc3nc(Cc4ccccc4)no3)C[C@@H](C)O2)o1. The van der Waals surface area contributed by atoms with Gasteiger partial charge in [0.15, 0.2) is 5.82 Å². The number of nitrogens with zero attached hydrogens (tertiary/aromatic N) is 5. The molecule has 136 valence electrons. The molecule has 2 aromatic heterocycles. The second-order valence-corrected chi connectivity index (χ2v) is 6.56. The highest BCUT2D eigenvalue weighted by Gasteiger charge is 2.31. The molecule has 8 nitrogen and oxygen atoms in total. The monoisotopic (exact) mass is 355 g/mol. The molecule has 0 radical (unpaired) electrons. The van der Waals surface area contributed by atoms with Crippen LogP contribution in [0.15, 0.2) is 39.3 Å². The van der Waals surface area contributed by atoms with Gasteiger partial charge in [-0.25, -0.2) is 0 Å². The Morgan fingerprint density at radius 2 is 2.00 bits per heavy atom. The van der Waals surface area contributed by atoms with Crippen LogP contribution < -0.4 is 0 Å². The number of rotatable bonds is 5. The maximum absolute atomic E-state index is 5.93. The molecule has 1 aromatic carbocycles. The highest BCUT2D eigenvalue weighted by atomic mass is 16.5. The highest BCUT2D eigenvalue weighted by molar-refractivity contribution is 5.18. The van der Waals surface area contributed by atoms with E-state index < -0.39 is 0 Å². The lowest BCUT2D eigenvalue weighted by Crippen LogP contribution is -2.42. The van der Waals surface area contributed by atoms with Gasteiger partial charge in [-0.05, 0) is 12.5 Å². The van der Waals surface area contributed by atoms with Crippen LogP contribution in [-0.2, 0) is 17.7 Å². The number of hydrogen-bond acceptors (Lipinski definition) is 8. The van der Waals surface area contributed by atoms with E-state index in [1.165, 1.54) is 0 Å². The van der Waals surface area contributed by atoms with Crippen LogP contribution in [0.1, 0.15) is 42.1 Å². The van der Waals surface area contributed by atoms with Crippen molar-refractivity contribution in [2.24, 2.45) is 0 Å². The fourth-order valence-corrected chi connectivity index (χ4v) is 3.14. The van der Waals surface area contributed by atoms with Crippen molar-refractivity contribution in [1.29, 1.82) is 0 Å². The standard InChI is InChI=1S/C18H21N5O3/c1-12-9-23(10-15(24-12)18-21-20-13(2)25-18)11-17-19-16(22-26-17)8-14-6-4-3-5-7-14/h3-7,12,15H,8-11H2,1-2H3/t12-,15-/m1/s1. The molecule has 0 saturated carbocycles. The first kappa shape index (κ1) is 16.9. The van der Waals surface area contributed by atoms with Crippen molar-refractivity contribution < 1.29 is 13.7 Å². The van der Waals surface area contributed by atoms with E-state index in [-0.39, 0.29) is 12.2 Å². The van der Waals surface area contributed by atoms with E-state index in [0.29, 0.717) is 43.0 Å². The van der Waals surface area contributed by atoms with Gasteiger partial charge in [0.1, 0.15) is 6.10 Å².